The summed E-state index contributed by atoms with van der Waals surface area (Å²) in [5.41, 5.74) is 0. The van der Waals surface area contributed by atoms with Crippen molar-refractivity contribution in [1.82, 2.24) is 5.32 Å². The van der Waals surface area contributed by atoms with Crippen LogP contribution in [-0.4, -0.2) is 47.2 Å². The third kappa shape index (κ3) is 6.26. The van der Waals surface area contributed by atoms with Crippen molar-refractivity contribution >= 4 is 23.6 Å². The summed E-state index contributed by atoms with van der Waals surface area (Å²) in [6.45, 7) is 2.21. The number of carboxylic acid groups (broad SMARTS) is 1. The number of carbonyl (C=O) groups is 2. The minimum atomic E-state index is -0.968. The van der Waals surface area contributed by atoms with Gasteiger partial charge in [-0.2, -0.15) is 11.8 Å². The predicted octanol–water partition coefficient (Wildman–Crippen LogP) is 1.27. The molecule has 2 atom stereocenters. The highest BCUT2D eigenvalue weighted by Gasteiger charge is 2.18. The predicted molar refractivity (Wildman–Crippen MR) is 70.8 cm³/mol. The number of hydrogen-bond acceptors (Lipinski definition) is 4. The zero-order chi connectivity index (χ0) is 13.4. The number of carbonyl (C=O) groups excluding carboxylic acids is 1. The monoisotopic (exact) mass is 275 g/mol. The lowest BCUT2D eigenvalue weighted by Crippen LogP contribution is -2.39. The van der Waals surface area contributed by atoms with Crippen molar-refractivity contribution in [2.45, 2.75) is 44.8 Å². The van der Waals surface area contributed by atoms with E-state index in [1.807, 2.05) is 0 Å². The van der Waals surface area contributed by atoms with E-state index in [1.54, 1.807) is 11.8 Å². The lowest BCUT2D eigenvalue weighted by molar-refractivity contribution is -0.141. The summed E-state index contributed by atoms with van der Waals surface area (Å²) in [5, 5.41) is 11.3. The number of nitrogens with one attached hydrogen (secondary N) is 1. The van der Waals surface area contributed by atoms with Gasteiger partial charge in [0.15, 0.2) is 0 Å². The zero-order valence-corrected chi connectivity index (χ0v) is 11.5. The molecule has 0 spiro atoms. The fourth-order valence-electron chi connectivity index (χ4n) is 1.89. The summed E-state index contributed by atoms with van der Waals surface area (Å²) in [6.07, 6.45) is 4.18. The Balaban J connectivity index is 2.06. The Morgan fingerprint density at radius 2 is 2.28 bits per heavy atom. The molecule has 0 aromatic rings. The van der Waals surface area contributed by atoms with Crippen molar-refractivity contribution in [2.24, 2.45) is 0 Å². The molecule has 104 valence electrons. The maximum Gasteiger partial charge on any atom is 0.326 e. The SMILES string of the molecule is CC(=O)NC(CCSCCC1CCCO1)C(=O)O. The summed E-state index contributed by atoms with van der Waals surface area (Å²) in [7, 11) is 0. The van der Waals surface area contributed by atoms with Crippen LogP contribution in [0.3, 0.4) is 0 Å². The van der Waals surface area contributed by atoms with E-state index in [2.05, 4.69) is 5.32 Å². The molecule has 6 heteroatoms. The smallest absolute Gasteiger partial charge is 0.326 e. The Kier molecular flexibility index (Phi) is 7.12. The quantitative estimate of drug-likeness (QED) is 0.652. The number of hydrogen-bond donors (Lipinski definition) is 2. The largest absolute Gasteiger partial charge is 0.480 e. The average molecular weight is 275 g/mol. The standard InChI is InChI=1S/C12H21NO4S/c1-9(14)13-11(12(15)16)5-8-18-7-4-10-3-2-6-17-10/h10-11H,2-8H2,1H3,(H,13,14)(H,15,16). The fraction of sp³-hybridized carbons (Fsp3) is 0.833. The maximum absolute atomic E-state index is 10.9. The van der Waals surface area contributed by atoms with Crippen LogP contribution in [0.15, 0.2) is 0 Å². The van der Waals surface area contributed by atoms with E-state index in [4.69, 9.17) is 9.84 Å². The maximum atomic E-state index is 10.9. The van der Waals surface area contributed by atoms with E-state index in [0.29, 0.717) is 12.5 Å². The molecule has 0 aliphatic carbocycles. The Hall–Kier alpha value is -0.750. The highest BCUT2D eigenvalue weighted by atomic mass is 32.2. The molecule has 5 nitrogen and oxygen atoms in total. The minimum Gasteiger partial charge on any atom is -0.480 e. The van der Waals surface area contributed by atoms with Gasteiger partial charge < -0.3 is 15.2 Å². The van der Waals surface area contributed by atoms with Gasteiger partial charge in [-0.3, -0.25) is 4.79 Å². The van der Waals surface area contributed by atoms with Crippen LogP contribution in [0, 0.1) is 0 Å². The van der Waals surface area contributed by atoms with Gasteiger partial charge in [-0.15, -0.1) is 0 Å². The number of carboxylic acids is 1. The van der Waals surface area contributed by atoms with Crippen molar-refractivity contribution in [3.63, 3.8) is 0 Å². The number of rotatable bonds is 8. The summed E-state index contributed by atoms with van der Waals surface area (Å²) in [6, 6.07) is -0.766. The van der Waals surface area contributed by atoms with Gasteiger partial charge in [0, 0.05) is 13.5 Å². The lowest BCUT2D eigenvalue weighted by Gasteiger charge is -2.13. The van der Waals surface area contributed by atoms with Crippen molar-refractivity contribution in [3.8, 4) is 0 Å². The molecule has 1 aliphatic rings. The van der Waals surface area contributed by atoms with Crippen LogP contribution in [0.1, 0.15) is 32.6 Å². The number of amides is 1. The molecule has 0 bridgehead atoms. The highest BCUT2D eigenvalue weighted by Crippen LogP contribution is 2.18. The van der Waals surface area contributed by atoms with Crippen LogP contribution in [0.5, 0.6) is 0 Å². The Morgan fingerprint density at radius 3 is 2.83 bits per heavy atom. The first-order chi connectivity index (χ1) is 8.59. The Morgan fingerprint density at radius 1 is 1.50 bits per heavy atom. The van der Waals surface area contributed by atoms with Gasteiger partial charge in [0.2, 0.25) is 5.91 Å². The molecule has 1 rings (SSSR count). The first-order valence-corrected chi connectivity index (χ1v) is 7.44. The number of aliphatic carboxylic acids is 1. The van der Waals surface area contributed by atoms with E-state index >= 15 is 0 Å². The van der Waals surface area contributed by atoms with E-state index in [-0.39, 0.29) is 5.91 Å². The van der Waals surface area contributed by atoms with Gasteiger partial charge in [0.25, 0.3) is 0 Å². The topological polar surface area (TPSA) is 75.6 Å². The van der Waals surface area contributed by atoms with Crippen LogP contribution in [0.2, 0.25) is 0 Å². The van der Waals surface area contributed by atoms with Gasteiger partial charge in [-0.25, -0.2) is 4.79 Å². The van der Waals surface area contributed by atoms with Gasteiger partial charge in [0.05, 0.1) is 6.10 Å². The van der Waals surface area contributed by atoms with Crippen molar-refractivity contribution in [3.05, 3.63) is 0 Å². The molecule has 0 saturated carbocycles. The second-order valence-electron chi connectivity index (χ2n) is 4.42. The molecule has 18 heavy (non-hydrogen) atoms. The van der Waals surface area contributed by atoms with E-state index in [0.717, 1.165) is 37.4 Å². The summed E-state index contributed by atoms with van der Waals surface area (Å²) < 4.78 is 5.51. The summed E-state index contributed by atoms with van der Waals surface area (Å²) >= 11 is 1.72. The zero-order valence-electron chi connectivity index (χ0n) is 10.7. The van der Waals surface area contributed by atoms with E-state index < -0.39 is 12.0 Å². The molecular formula is C12H21NO4S. The van der Waals surface area contributed by atoms with Crippen molar-refractivity contribution in [1.29, 1.82) is 0 Å². The minimum absolute atomic E-state index is 0.299. The third-order valence-corrected chi connectivity index (χ3v) is 3.88. The molecule has 1 fully saturated rings. The second kappa shape index (κ2) is 8.37. The average Bonchev–Trinajstić information content (AvgIpc) is 2.79. The van der Waals surface area contributed by atoms with E-state index in [1.165, 1.54) is 6.92 Å². The molecule has 0 radical (unpaired) electrons. The number of thioether (sulfide) groups is 1. The van der Waals surface area contributed by atoms with Gasteiger partial charge in [-0.1, -0.05) is 0 Å². The van der Waals surface area contributed by atoms with Crippen molar-refractivity contribution < 1.29 is 19.4 Å². The lowest BCUT2D eigenvalue weighted by atomic mass is 10.2. The van der Waals surface area contributed by atoms with Crippen LogP contribution in [0.25, 0.3) is 0 Å². The fourth-order valence-corrected chi connectivity index (χ4v) is 2.93. The number of ether oxygens (including phenoxy) is 1. The van der Waals surface area contributed by atoms with Crippen LogP contribution >= 0.6 is 11.8 Å². The molecule has 2 unspecified atom stereocenters. The molecule has 1 saturated heterocycles. The molecule has 0 aromatic heterocycles. The third-order valence-electron chi connectivity index (χ3n) is 2.83. The second-order valence-corrected chi connectivity index (χ2v) is 5.64. The molecule has 1 amide bonds. The highest BCUT2D eigenvalue weighted by molar-refractivity contribution is 7.99. The summed E-state index contributed by atoms with van der Waals surface area (Å²) in [5.74, 6) is 0.456. The van der Waals surface area contributed by atoms with Crippen LogP contribution in [-0.2, 0) is 14.3 Å². The molecule has 0 aromatic carbocycles. The van der Waals surface area contributed by atoms with Crippen molar-refractivity contribution in [2.75, 3.05) is 18.1 Å². The molecule has 1 aliphatic heterocycles. The molecular weight excluding hydrogens is 254 g/mol. The first-order valence-electron chi connectivity index (χ1n) is 6.29. The van der Waals surface area contributed by atoms with Gasteiger partial charge in [-0.05, 0) is 37.2 Å². The van der Waals surface area contributed by atoms with Crippen LogP contribution < -0.4 is 5.32 Å². The first kappa shape index (κ1) is 15.3. The normalized spacial score (nSPS) is 20.6. The Labute approximate surface area is 112 Å². The van der Waals surface area contributed by atoms with Gasteiger partial charge in [0.1, 0.15) is 6.04 Å². The van der Waals surface area contributed by atoms with Crippen LogP contribution in [0.4, 0.5) is 0 Å². The van der Waals surface area contributed by atoms with E-state index in [9.17, 15) is 9.59 Å². The Bertz CT molecular complexity index is 279. The summed E-state index contributed by atoms with van der Waals surface area (Å²) in [4.78, 5) is 21.7. The molecule has 1 heterocycles. The molecule has 2 N–H and O–H groups in total. The van der Waals surface area contributed by atoms with Gasteiger partial charge >= 0.3 is 5.97 Å².